The Balaban J connectivity index is 1.67. The first kappa shape index (κ1) is 19.7. The lowest BCUT2D eigenvalue weighted by Crippen LogP contribution is -2.28. The average Bonchev–Trinajstić information content (AvgIpc) is 3.05. The first-order valence-electron chi connectivity index (χ1n) is 9.84. The standard InChI is InChI=1S/C21H31N3O3/c1-5-26-17-8-10-18(11-9-17)27-15-19-22-20(24(23-19)21(2,3)4)13-16-7-6-12-25-14-16/h8-11,16H,5-7,12-15H2,1-4H3. The summed E-state index contributed by atoms with van der Waals surface area (Å²) in [5.74, 6) is 3.88. The fourth-order valence-electron chi connectivity index (χ4n) is 3.30. The van der Waals surface area contributed by atoms with E-state index < -0.39 is 0 Å². The van der Waals surface area contributed by atoms with Crippen molar-refractivity contribution >= 4 is 0 Å². The van der Waals surface area contributed by atoms with E-state index in [1.165, 1.54) is 6.42 Å². The fraction of sp³-hybridized carbons (Fsp3) is 0.619. The third-order valence-corrected chi connectivity index (χ3v) is 4.58. The first-order chi connectivity index (χ1) is 13.0. The van der Waals surface area contributed by atoms with E-state index in [4.69, 9.17) is 24.3 Å². The molecule has 0 spiro atoms. The molecule has 3 rings (SSSR count). The Morgan fingerprint density at radius 1 is 1.15 bits per heavy atom. The van der Waals surface area contributed by atoms with Gasteiger partial charge in [0.05, 0.1) is 12.1 Å². The van der Waals surface area contributed by atoms with E-state index in [-0.39, 0.29) is 5.54 Å². The lowest BCUT2D eigenvalue weighted by atomic mass is 9.98. The molecule has 1 atom stereocenters. The molecule has 6 nitrogen and oxygen atoms in total. The van der Waals surface area contributed by atoms with Crippen molar-refractivity contribution in [2.45, 2.75) is 59.1 Å². The molecule has 0 N–H and O–H groups in total. The molecule has 0 saturated carbocycles. The molecule has 148 valence electrons. The summed E-state index contributed by atoms with van der Waals surface area (Å²) >= 11 is 0. The van der Waals surface area contributed by atoms with E-state index in [1.54, 1.807) is 0 Å². The topological polar surface area (TPSA) is 58.4 Å². The smallest absolute Gasteiger partial charge is 0.188 e. The molecule has 1 aromatic heterocycles. The van der Waals surface area contributed by atoms with Crippen LogP contribution in [0.3, 0.4) is 0 Å². The molecule has 6 heteroatoms. The molecule has 0 aliphatic carbocycles. The van der Waals surface area contributed by atoms with Crippen LogP contribution in [0.1, 0.15) is 52.2 Å². The van der Waals surface area contributed by atoms with Crippen LogP contribution in [-0.4, -0.2) is 34.6 Å². The highest BCUT2D eigenvalue weighted by Gasteiger charge is 2.24. The van der Waals surface area contributed by atoms with Crippen LogP contribution >= 0.6 is 0 Å². The van der Waals surface area contributed by atoms with Gasteiger partial charge in [-0.15, -0.1) is 0 Å². The Morgan fingerprint density at radius 2 is 1.85 bits per heavy atom. The Morgan fingerprint density at radius 3 is 2.44 bits per heavy atom. The van der Waals surface area contributed by atoms with Crippen LogP contribution in [0.25, 0.3) is 0 Å². The highest BCUT2D eigenvalue weighted by Crippen LogP contribution is 2.23. The van der Waals surface area contributed by atoms with Gasteiger partial charge in [0.25, 0.3) is 0 Å². The Hall–Kier alpha value is -2.08. The fourth-order valence-corrected chi connectivity index (χ4v) is 3.30. The SMILES string of the molecule is CCOc1ccc(OCc2nc(CC3CCCOC3)n(C(C)(C)C)n2)cc1. The summed E-state index contributed by atoms with van der Waals surface area (Å²) in [6, 6.07) is 7.64. The zero-order chi connectivity index (χ0) is 19.3. The van der Waals surface area contributed by atoms with E-state index in [9.17, 15) is 0 Å². The summed E-state index contributed by atoms with van der Waals surface area (Å²) in [4.78, 5) is 4.78. The highest BCUT2D eigenvalue weighted by atomic mass is 16.5. The van der Waals surface area contributed by atoms with Gasteiger partial charge in [-0.25, -0.2) is 9.67 Å². The summed E-state index contributed by atoms with van der Waals surface area (Å²) in [5, 5.41) is 4.72. The van der Waals surface area contributed by atoms with Crippen LogP contribution in [0.2, 0.25) is 0 Å². The maximum atomic E-state index is 5.88. The molecule has 1 aromatic carbocycles. The van der Waals surface area contributed by atoms with Crippen LogP contribution < -0.4 is 9.47 Å². The molecule has 1 fully saturated rings. The van der Waals surface area contributed by atoms with Gasteiger partial charge in [0, 0.05) is 19.6 Å². The zero-order valence-electron chi connectivity index (χ0n) is 16.9. The molecular formula is C21H31N3O3. The van der Waals surface area contributed by atoms with Crippen molar-refractivity contribution in [3.05, 3.63) is 35.9 Å². The molecule has 2 heterocycles. The highest BCUT2D eigenvalue weighted by molar-refractivity contribution is 5.31. The molecule has 27 heavy (non-hydrogen) atoms. The summed E-state index contributed by atoms with van der Waals surface area (Å²) in [6.07, 6.45) is 3.21. The number of benzene rings is 1. The van der Waals surface area contributed by atoms with Crippen LogP contribution in [0, 0.1) is 5.92 Å². The van der Waals surface area contributed by atoms with Crippen molar-refractivity contribution in [3.8, 4) is 11.5 Å². The quantitative estimate of drug-likeness (QED) is 0.735. The van der Waals surface area contributed by atoms with E-state index in [0.29, 0.717) is 25.0 Å². The predicted molar refractivity (Wildman–Crippen MR) is 104 cm³/mol. The number of hydrogen-bond acceptors (Lipinski definition) is 5. The molecule has 2 aromatic rings. The normalized spacial score (nSPS) is 17.7. The van der Waals surface area contributed by atoms with Crippen LogP contribution in [0.4, 0.5) is 0 Å². The summed E-state index contributed by atoms with van der Waals surface area (Å²) < 4.78 is 19.0. The second-order valence-electron chi connectivity index (χ2n) is 8.01. The zero-order valence-corrected chi connectivity index (χ0v) is 16.9. The van der Waals surface area contributed by atoms with Crippen molar-refractivity contribution in [1.82, 2.24) is 14.8 Å². The number of hydrogen-bond donors (Lipinski definition) is 0. The molecule has 0 bridgehead atoms. The third-order valence-electron chi connectivity index (χ3n) is 4.58. The van der Waals surface area contributed by atoms with E-state index >= 15 is 0 Å². The Labute approximate surface area is 161 Å². The molecule has 1 unspecified atom stereocenters. The van der Waals surface area contributed by atoms with E-state index in [2.05, 4.69) is 20.8 Å². The van der Waals surface area contributed by atoms with E-state index in [0.717, 1.165) is 43.4 Å². The monoisotopic (exact) mass is 373 g/mol. The number of rotatable bonds is 7. The molecule has 1 aliphatic rings. The van der Waals surface area contributed by atoms with Gasteiger partial charge in [0.1, 0.15) is 23.9 Å². The van der Waals surface area contributed by atoms with Gasteiger partial charge >= 0.3 is 0 Å². The summed E-state index contributed by atoms with van der Waals surface area (Å²) in [7, 11) is 0. The lowest BCUT2D eigenvalue weighted by Gasteiger charge is -2.25. The maximum Gasteiger partial charge on any atom is 0.188 e. The van der Waals surface area contributed by atoms with Gasteiger partial charge in [0.15, 0.2) is 5.82 Å². The van der Waals surface area contributed by atoms with Gasteiger partial charge in [-0.2, -0.15) is 5.10 Å². The summed E-state index contributed by atoms with van der Waals surface area (Å²) in [5.41, 5.74) is -0.116. The van der Waals surface area contributed by atoms with Crippen molar-refractivity contribution in [2.75, 3.05) is 19.8 Å². The van der Waals surface area contributed by atoms with Gasteiger partial charge in [0.2, 0.25) is 0 Å². The van der Waals surface area contributed by atoms with Crippen molar-refractivity contribution in [1.29, 1.82) is 0 Å². The van der Waals surface area contributed by atoms with Gasteiger partial charge in [-0.05, 0) is 70.7 Å². The lowest BCUT2D eigenvalue weighted by molar-refractivity contribution is 0.0534. The summed E-state index contributed by atoms with van der Waals surface area (Å²) in [6.45, 7) is 11.1. The predicted octanol–water partition coefficient (Wildman–Crippen LogP) is 3.98. The largest absolute Gasteiger partial charge is 0.494 e. The minimum Gasteiger partial charge on any atom is -0.494 e. The van der Waals surface area contributed by atoms with Gasteiger partial charge in [-0.1, -0.05) is 0 Å². The molecule has 1 aliphatic heterocycles. The molecular weight excluding hydrogens is 342 g/mol. The second kappa shape index (κ2) is 8.74. The second-order valence-corrected chi connectivity index (χ2v) is 8.01. The first-order valence-corrected chi connectivity index (χ1v) is 9.84. The average molecular weight is 373 g/mol. The van der Waals surface area contributed by atoms with Gasteiger partial charge < -0.3 is 14.2 Å². The number of nitrogens with zero attached hydrogens (tertiary/aromatic N) is 3. The van der Waals surface area contributed by atoms with E-state index in [1.807, 2.05) is 35.9 Å². The maximum absolute atomic E-state index is 5.88. The van der Waals surface area contributed by atoms with Crippen molar-refractivity contribution in [2.24, 2.45) is 5.92 Å². The molecule has 0 amide bonds. The number of aromatic nitrogens is 3. The Bertz CT molecular complexity index is 713. The molecule has 0 radical (unpaired) electrons. The number of ether oxygens (including phenoxy) is 3. The van der Waals surface area contributed by atoms with Crippen molar-refractivity contribution in [3.63, 3.8) is 0 Å². The van der Waals surface area contributed by atoms with Crippen LogP contribution in [-0.2, 0) is 23.3 Å². The van der Waals surface area contributed by atoms with Crippen molar-refractivity contribution < 1.29 is 14.2 Å². The third kappa shape index (κ3) is 5.45. The van der Waals surface area contributed by atoms with Gasteiger partial charge in [-0.3, -0.25) is 0 Å². The minimum absolute atomic E-state index is 0.116. The van der Waals surface area contributed by atoms with Crippen LogP contribution in [0.5, 0.6) is 11.5 Å². The minimum atomic E-state index is -0.116. The van der Waals surface area contributed by atoms with Crippen LogP contribution in [0.15, 0.2) is 24.3 Å². The Kier molecular flexibility index (Phi) is 6.37. The molecule has 1 saturated heterocycles.